The molecule has 0 aromatic rings. The first-order chi connectivity index (χ1) is 37.8. The number of esters is 2. The van der Waals surface area contributed by atoms with Gasteiger partial charge in [-0.25, -0.2) is 0 Å². The molecule has 6 rings (SSSR count). The number of allylic oxidation sites excluding steroid dienone is 12. The van der Waals surface area contributed by atoms with Crippen LogP contribution in [0.5, 0.6) is 0 Å². The summed E-state index contributed by atoms with van der Waals surface area (Å²) in [5.74, 6) is -10.5. The van der Waals surface area contributed by atoms with Gasteiger partial charge in [0.15, 0.2) is 12.1 Å². The molecule has 6 aliphatic rings. The van der Waals surface area contributed by atoms with E-state index in [2.05, 4.69) is 5.32 Å². The van der Waals surface area contributed by atoms with Crippen LogP contribution in [0.4, 0.5) is 0 Å². The van der Waals surface area contributed by atoms with E-state index in [0.29, 0.717) is 0 Å². The van der Waals surface area contributed by atoms with Gasteiger partial charge in [-0.1, -0.05) is 98.9 Å². The van der Waals surface area contributed by atoms with E-state index in [1.54, 1.807) is 86.8 Å². The predicted octanol–water partition coefficient (Wildman–Crippen LogP) is 0.157. The molecule has 0 aromatic heterocycles. The molecule has 0 amide bonds. The minimum atomic E-state index is -2.45. The number of carbonyl (C=O) groups excluding carboxylic acids is 2. The van der Waals surface area contributed by atoms with Crippen LogP contribution >= 0.6 is 0 Å². The van der Waals surface area contributed by atoms with Crippen molar-refractivity contribution in [3.63, 3.8) is 0 Å². The van der Waals surface area contributed by atoms with Crippen molar-refractivity contribution < 1.29 is 109 Å². The zero-order chi connectivity index (χ0) is 60.5. The van der Waals surface area contributed by atoms with Gasteiger partial charge in [-0.05, 0) is 60.8 Å². The molecule has 14 N–H and O–H groups in total. The van der Waals surface area contributed by atoms with Crippen molar-refractivity contribution in [2.24, 2.45) is 17.8 Å². The Morgan fingerprint density at radius 1 is 0.642 bits per heavy atom. The SMILES string of the molecule is COC(=O)[C@@H]1C(O)C[C@@]2(O)C[C@@H](O)C[C@@H](O)[C@H](O)CC[C@@H](O)C[C@@H](O)CC(=O)OC(C)C(C)[C@H](O)C(C)C=CC=CC=CC=CC=CC=CC=CC(OC3OC(C)C(O)C(NCC4(O)OC5(C)OC(C)(C4(C)O)C5(C)O)C3O)C[C@@H]1O2. The Hall–Kier alpha value is -3.64. The van der Waals surface area contributed by atoms with E-state index in [4.69, 9.17) is 33.2 Å². The van der Waals surface area contributed by atoms with Gasteiger partial charge in [0, 0.05) is 37.5 Å². The normalized spacial score (nSPS) is 46.8. The van der Waals surface area contributed by atoms with Crippen LogP contribution in [0.1, 0.15) is 107 Å². The van der Waals surface area contributed by atoms with E-state index >= 15 is 0 Å². The molecule has 0 spiro atoms. The lowest BCUT2D eigenvalue weighted by Gasteiger charge is -2.75. The summed E-state index contributed by atoms with van der Waals surface area (Å²) in [6.07, 6.45) is 2.08. The Bertz CT molecular complexity index is 2270. The van der Waals surface area contributed by atoms with Crippen LogP contribution in [0.3, 0.4) is 0 Å². The highest BCUT2D eigenvalue weighted by Crippen LogP contribution is 2.64. The first-order valence-corrected chi connectivity index (χ1v) is 27.9. The minimum absolute atomic E-state index is 0.130. The van der Waals surface area contributed by atoms with Gasteiger partial charge < -0.3 is 105 Å². The summed E-state index contributed by atoms with van der Waals surface area (Å²) in [5.41, 5.74) is -5.73. The third-order valence-corrected chi connectivity index (χ3v) is 17.0. The fourth-order valence-corrected chi connectivity index (χ4v) is 11.2. The molecule has 6 aliphatic heterocycles. The number of ether oxygens (including phenoxy) is 7. The molecular formula is C58H91NO22. The summed E-state index contributed by atoms with van der Waals surface area (Å²) >= 11 is 0. The highest BCUT2D eigenvalue weighted by molar-refractivity contribution is 5.74. The number of hydrogen-bond donors (Lipinski definition) is 14. The number of nitrogens with one attached hydrogen (secondary N) is 1. The van der Waals surface area contributed by atoms with E-state index < -0.39 is 182 Å². The number of fused-ring (bicyclic) bond motifs is 4. The van der Waals surface area contributed by atoms with E-state index in [-0.39, 0.29) is 31.6 Å². The van der Waals surface area contributed by atoms with Gasteiger partial charge >= 0.3 is 11.9 Å². The zero-order valence-corrected chi connectivity index (χ0v) is 47.8. The monoisotopic (exact) mass is 1150 g/mol. The summed E-state index contributed by atoms with van der Waals surface area (Å²) in [6.45, 7) is 11.5. The predicted molar refractivity (Wildman–Crippen MR) is 290 cm³/mol. The standard InChI is InChI=1S/C58H91NO22/c1-33-22-20-18-16-14-12-10-11-13-15-17-19-21-23-40(78-52-50(69)47(49(68)36(4)77-52)59-32-58(74)54(6,72)55(7)53(5,71)56(8,80-55)81-58)29-44-46(51(70)75-9)43(65)31-57(73,79-44)30-39(62)27-42(64)41(63)25-24-37(60)26-38(61)28-45(66)76-35(3)34(2)48(33)67/h10-23,33-44,46-50,52,59-65,67-69,71-74H,24-32H2,1-9H3/t33?,34?,35?,36?,37-,38-,39+,40?,41-,42-,43?,44+,46-,47?,48-,49?,50?,52?,53?,54?,55?,56?,57-,58?/m1/s1. The third-order valence-electron chi connectivity index (χ3n) is 17.0. The van der Waals surface area contributed by atoms with Crippen molar-refractivity contribution in [3.8, 4) is 0 Å². The molecule has 15 unspecified atom stereocenters. The van der Waals surface area contributed by atoms with Gasteiger partial charge in [0.05, 0.1) is 93.3 Å². The molecule has 4 bridgehead atoms. The third kappa shape index (κ3) is 16.2. The molecular weight excluding hydrogens is 1060 g/mol. The summed E-state index contributed by atoms with van der Waals surface area (Å²) in [5, 5.41) is 149. The number of methoxy groups -OCH3 is 1. The number of carbonyl (C=O) groups is 2. The lowest BCUT2D eigenvalue weighted by atomic mass is 9.59. The Labute approximate surface area is 474 Å². The van der Waals surface area contributed by atoms with E-state index in [9.17, 15) is 76.0 Å². The first-order valence-electron chi connectivity index (χ1n) is 27.9. The van der Waals surface area contributed by atoms with Crippen molar-refractivity contribution in [2.75, 3.05) is 13.7 Å². The van der Waals surface area contributed by atoms with Crippen molar-refractivity contribution in [3.05, 3.63) is 85.1 Å². The van der Waals surface area contributed by atoms with Gasteiger partial charge in [0.1, 0.15) is 34.9 Å². The summed E-state index contributed by atoms with van der Waals surface area (Å²) < 4.78 is 40.7. The molecule has 0 aliphatic carbocycles. The fourth-order valence-electron chi connectivity index (χ4n) is 11.2. The number of aliphatic hydroxyl groups excluding tert-OH is 9. The quantitative estimate of drug-likeness (QED) is 0.158. The Kier molecular flexibility index (Phi) is 24.0. The highest BCUT2D eigenvalue weighted by Gasteiger charge is 2.85. The zero-order valence-electron chi connectivity index (χ0n) is 47.8. The van der Waals surface area contributed by atoms with Gasteiger partial charge in [0.25, 0.3) is 0 Å². The van der Waals surface area contributed by atoms with E-state index in [0.717, 1.165) is 7.11 Å². The highest BCUT2D eigenvalue weighted by atomic mass is 16.8. The minimum Gasteiger partial charge on any atom is -0.469 e. The second kappa shape index (κ2) is 28.5. The van der Waals surface area contributed by atoms with E-state index in [1.165, 1.54) is 40.7 Å². The molecule has 0 saturated carbocycles. The Balaban J connectivity index is 1.39. The van der Waals surface area contributed by atoms with Crippen LogP contribution in [-0.4, -0.2) is 218 Å². The maximum Gasteiger partial charge on any atom is 0.313 e. The van der Waals surface area contributed by atoms with E-state index in [1.807, 2.05) is 13.0 Å². The number of cyclic esters (lactones) is 1. The molecule has 460 valence electrons. The average molecular weight is 1150 g/mol. The first kappa shape index (κ1) is 68.1. The van der Waals surface area contributed by atoms with Crippen molar-refractivity contribution in [2.45, 2.75) is 233 Å². The van der Waals surface area contributed by atoms with Gasteiger partial charge in [0.2, 0.25) is 11.6 Å². The van der Waals surface area contributed by atoms with Crippen LogP contribution in [0.2, 0.25) is 0 Å². The molecule has 81 heavy (non-hydrogen) atoms. The van der Waals surface area contributed by atoms with Crippen molar-refractivity contribution in [1.82, 2.24) is 5.32 Å². The molecule has 23 heteroatoms. The maximum atomic E-state index is 13.4. The number of aliphatic hydroxyl groups is 13. The largest absolute Gasteiger partial charge is 0.469 e. The average Bonchev–Trinajstić information content (AvgIpc) is 3.42. The second-order valence-electron chi connectivity index (χ2n) is 23.2. The maximum absolute atomic E-state index is 13.4. The van der Waals surface area contributed by atoms with Gasteiger partial charge in [-0.15, -0.1) is 0 Å². The van der Waals surface area contributed by atoms with Crippen molar-refractivity contribution in [1.29, 1.82) is 0 Å². The number of hydrogen-bond acceptors (Lipinski definition) is 23. The molecule has 0 aromatic carbocycles. The summed E-state index contributed by atoms with van der Waals surface area (Å²) in [4.78, 5) is 26.1. The fraction of sp³-hybridized carbons (Fsp3) is 0.724. The van der Waals surface area contributed by atoms with Crippen molar-refractivity contribution >= 4 is 11.9 Å². The molecule has 24 atom stereocenters. The van der Waals surface area contributed by atoms with Crippen LogP contribution in [-0.2, 0) is 42.7 Å². The van der Waals surface area contributed by atoms with Gasteiger partial charge in [-0.2, -0.15) is 0 Å². The Morgan fingerprint density at radius 2 is 1.22 bits per heavy atom. The molecule has 5 saturated heterocycles. The smallest absolute Gasteiger partial charge is 0.313 e. The molecule has 6 heterocycles. The Morgan fingerprint density at radius 3 is 1.80 bits per heavy atom. The molecule has 0 radical (unpaired) electrons. The molecule has 5 fully saturated rings. The van der Waals surface area contributed by atoms with Crippen LogP contribution < -0.4 is 5.32 Å². The lowest BCUT2D eigenvalue weighted by Crippen LogP contribution is -2.95. The topological polar surface area (TPSA) is 374 Å². The van der Waals surface area contributed by atoms with Crippen LogP contribution in [0.25, 0.3) is 0 Å². The number of rotatable bonds is 6. The van der Waals surface area contributed by atoms with Crippen LogP contribution in [0, 0.1) is 17.8 Å². The molecule has 23 nitrogen and oxygen atoms in total. The van der Waals surface area contributed by atoms with Gasteiger partial charge in [-0.3, -0.25) is 9.59 Å². The second-order valence-corrected chi connectivity index (χ2v) is 23.2. The summed E-state index contributed by atoms with van der Waals surface area (Å²) in [7, 11) is 1.09. The van der Waals surface area contributed by atoms with Crippen LogP contribution in [0.15, 0.2) is 85.1 Å². The lowest BCUT2D eigenvalue weighted by molar-refractivity contribution is -0.595. The summed E-state index contributed by atoms with van der Waals surface area (Å²) in [6, 6.07) is -1.33.